The van der Waals surface area contributed by atoms with Gasteiger partial charge in [-0.3, -0.25) is 9.59 Å². The maximum atomic E-state index is 14.0. The van der Waals surface area contributed by atoms with Gasteiger partial charge in [-0.15, -0.1) is 0 Å². The number of benzene rings is 1. The van der Waals surface area contributed by atoms with Crippen molar-refractivity contribution in [1.29, 1.82) is 0 Å². The summed E-state index contributed by atoms with van der Waals surface area (Å²) in [5.41, 5.74) is -3.87. The van der Waals surface area contributed by atoms with Crippen molar-refractivity contribution in [3.63, 3.8) is 0 Å². The number of hydrogen-bond donors (Lipinski definition) is 2. The van der Waals surface area contributed by atoms with Crippen molar-refractivity contribution in [2.45, 2.75) is 37.5 Å². The molecular weight excluding hydrogens is 537 g/mol. The number of nitrogens with zero attached hydrogens (tertiary/aromatic N) is 3. The SMILES string of the molecule is CNC(=O)c1ccc(N2CCC3(CC2)C[C@@H]3CCN(C)C(=O)[C@](O)(c2cccc(OC)c2)C(F)(F)F)nc1Cl. The molecule has 4 rings (SSSR count). The second-order valence-electron chi connectivity index (χ2n) is 10.3. The molecule has 1 saturated carbocycles. The van der Waals surface area contributed by atoms with E-state index in [0.717, 1.165) is 49.4 Å². The summed E-state index contributed by atoms with van der Waals surface area (Å²) in [6.45, 7) is 1.56. The van der Waals surface area contributed by atoms with Gasteiger partial charge in [-0.05, 0) is 61.3 Å². The van der Waals surface area contributed by atoms with E-state index in [1.54, 1.807) is 12.1 Å². The van der Waals surface area contributed by atoms with Gasteiger partial charge in [0.05, 0.1) is 12.7 Å². The summed E-state index contributed by atoms with van der Waals surface area (Å²) in [5.74, 6) is -0.655. The van der Waals surface area contributed by atoms with E-state index in [1.807, 2.05) is 0 Å². The second-order valence-corrected chi connectivity index (χ2v) is 10.7. The molecule has 8 nitrogen and oxygen atoms in total. The third-order valence-electron chi connectivity index (χ3n) is 8.11. The monoisotopic (exact) mass is 568 g/mol. The second kappa shape index (κ2) is 10.8. The Morgan fingerprint density at radius 2 is 1.95 bits per heavy atom. The highest BCUT2D eigenvalue weighted by atomic mass is 35.5. The van der Waals surface area contributed by atoms with E-state index in [1.165, 1.54) is 33.3 Å². The minimum absolute atomic E-state index is 0.0827. The van der Waals surface area contributed by atoms with E-state index in [4.69, 9.17) is 16.3 Å². The van der Waals surface area contributed by atoms with Crippen LogP contribution in [0.5, 0.6) is 5.75 Å². The third-order valence-corrected chi connectivity index (χ3v) is 8.40. The molecule has 212 valence electrons. The number of nitrogens with one attached hydrogen (secondary N) is 1. The number of alkyl halides is 3. The first kappa shape index (κ1) is 28.9. The van der Waals surface area contributed by atoms with Crippen molar-refractivity contribution in [2.24, 2.45) is 11.3 Å². The molecule has 1 aromatic carbocycles. The molecule has 1 aliphatic carbocycles. The van der Waals surface area contributed by atoms with Crippen molar-refractivity contribution in [3.05, 3.63) is 52.7 Å². The summed E-state index contributed by atoms with van der Waals surface area (Å²) >= 11 is 6.20. The fourth-order valence-corrected chi connectivity index (χ4v) is 5.76. The van der Waals surface area contributed by atoms with E-state index in [-0.39, 0.29) is 34.7 Å². The Morgan fingerprint density at radius 1 is 1.26 bits per heavy atom. The number of aliphatic hydroxyl groups is 1. The number of rotatable bonds is 8. The Kier molecular flexibility index (Phi) is 8.05. The quantitative estimate of drug-likeness (QED) is 0.467. The lowest BCUT2D eigenvalue weighted by Gasteiger charge is -2.35. The summed E-state index contributed by atoms with van der Waals surface area (Å²) in [5, 5.41) is 13.4. The van der Waals surface area contributed by atoms with Gasteiger partial charge in [0.1, 0.15) is 16.7 Å². The molecule has 39 heavy (non-hydrogen) atoms. The Hall–Kier alpha value is -3.05. The van der Waals surface area contributed by atoms with E-state index in [0.29, 0.717) is 17.8 Å². The van der Waals surface area contributed by atoms with Gasteiger partial charge in [-0.2, -0.15) is 13.2 Å². The lowest BCUT2D eigenvalue weighted by molar-refractivity contribution is -0.261. The number of anilines is 1. The molecular formula is C27H32ClF3N4O4. The highest BCUT2D eigenvalue weighted by Crippen LogP contribution is 2.61. The lowest BCUT2D eigenvalue weighted by Crippen LogP contribution is -2.55. The molecule has 1 aromatic heterocycles. The first-order chi connectivity index (χ1) is 18.4. The Labute approximate surface area is 230 Å². The van der Waals surface area contributed by atoms with Crippen LogP contribution in [0.2, 0.25) is 5.15 Å². The van der Waals surface area contributed by atoms with E-state index >= 15 is 0 Å². The molecule has 0 unspecified atom stereocenters. The van der Waals surface area contributed by atoms with E-state index in [9.17, 15) is 27.9 Å². The van der Waals surface area contributed by atoms with Gasteiger partial charge in [0.2, 0.25) is 0 Å². The number of methoxy groups -OCH3 is 1. The number of pyridine rings is 1. The maximum absolute atomic E-state index is 14.0. The first-order valence-corrected chi connectivity index (χ1v) is 13.1. The fourth-order valence-electron chi connectivity index (χ4n) is 5.52. The van der Waals surface area contributed by atoms with Crippen LogP contribution < -0.4 is 15.0 Å². The number of likely N-dealkylation sites (N-methyl/N-ethyl adjacent to an activating group) is 1. The standard InChI is InChI=1S/C27H32ClF3N4O4/c1-32-23(36)20-7-8-21(33-22(20)28)35-13-10-25(11-14-35)16-18(25)9-12-34(2)24(37)26(38,27(29,30)31)17-5-4-6-19(15-17)39-3/h4-8,15,18,38H,9-14,16H2,1-3H3,(H,32,36)/t18-,26+/m0/s1. The zero-order chi connectivity index (χ0) is 28.6. The molecule has 2 aromatic rings. The topological polar surface area (TPSA) is 95.0 Å². The summed E-state index contributed by atoms with van der Waals surface area (Å²) in [6.07, 6.45) is -1.98. The van der Waals surface area contributed by atoms with Crippen LogP contribution in [0.3, 0.4) is 0 Å². The van der Waals surface area contributed by atoms with Crippen LogP contribution in [0.4, 0.5) is 19.0 Å². The van der Waals surface area contributed by atoms with Crippen LogP contribution in [-0.2, 0) is 10.4 Å². The minimum Gasteiger partial charge on any atom is -0.497 e. The molecule has 2 heterocycles. The molecule has 2 aliphatic rings. The number of amides is 2. The highest BCUT2D eigenvalue weighted by Gasteiger charge is 2.62. The number of aromatic nitrogens is 1. The molecule has 2 N–H and O–H groups in total. The van der Waals surface area contributed by atoms with Crippen LogP contribution in [-0.4, -0.2) is 73.8 Å². The molecule has 1 aliphatic heterocycles. The average Bonchev–Trinajstić information content (AvgIpc) is 3.60. The molecule has 2 amide bonds. The van der Waals surface area contributed by atoms with Gasteiger partial charge in [0.15, 0.2) is 0 Å². The normalized spacial score (nSPS) is 19.8. The Balaban J connectivity index is 1.35. The summed E-state index contributed by atoms with van der Waals surface area (Å²) < 4.78 is 47.1. The highest BCUT2D eigenvalue weighted by molar-refractivity contribution is 6.32. The molecule has 12 heteroatoms. The van der Waals surface area contributed by atoms with Crippen LogP contribution >= 0.6 is 11.6 Å². The number of carbonyl (C=O) groups is 2. The van der Waals surface area contributed by atoms with Gasteiger partial charge in [-0.1, -0.05) is 23.7 Å². The average molecular weight is 569 g/mol. The number of carbonyl (C=O) groups excluding carboxylic acids is 2. The smallest absolute Gasteiger partial charge is 0.430 e. The Morgan fingerprint density at radius 3 is 2.54 bits per heavy atom. The van der Waals surface area contributed by atoms with Crippen molar-refractivity contribution in [1.82, 2.24) is 15.2 Å². The predicted octanol–water partition coefficient (Wildman–Crippen LogP) is 4.01. The number of halogens is 4. The van der Waals surface area contributed by atoms with Gasteiger partial charge >= 0.3 is 6.18 Å². The van der Waals surface area contributed by atoms with Crippen molar-refractivity contribution < 1.29 is 32.6 Å². The Bertz CT molecular complexity index is 1240. The summed E-state index contributed by atoms with van der Waals surface area (Å²) in [7, 11) is 4.10. The minimum atomic E-state index is -5.21. The first-order valence-electron chi connectivity index (χ1n) is 12.7. The zero-order valence-corrected chi connectivity index (χ0v) is 22.8. The lowest BCUT2D eigenvalue weighted by atomic mass is 9.89. The van der Waals surface area contributed by atoms with Crippen molar-refractivity contribution in [3.8, 4) is 5.75 Å². The zero-order valence-electron chi connectivity index (χ0n) is 22.0. The molecule has 1 saturated heterocycles. The van der Waals surface area contributed by atoms with Crippen LogP contribution in [0, 0.1) is 11.3 Å². The fraction of sp³-hybridized carbons (Fsp3) is 0.519. The van der Waals surface area contributed by atoms with Crippen molar-refractivity contribution >= 4 is 29.2 Å². The predicted molar refractivity (Wildman–Crippen MR) is 140 cm³/mol. The summed E-state index contributed by atoms with van der Waals surface area (Å²) in [6, 6.07) is 8.25. The summed E-state index contributed by atoms with van der Waals surface area (Å²) in [4.78, 5) is 32.3. The van der Waals surface area contributed by atoms with Gasteiger partial charge in [0, 0.05) is 39.3 Å². The van der Waals surface area contributed by atoms with Crippen molar-refractivity contribution in [2.75, 3.05) is 45.7 Å². The van der Waals surface area contributed by atoms with Crippen LogP contribution in [0.25, 0.3) is 0 Å². The van der Waals surface area contributed by atoms with Crippen LogP contribution in [0.1, 0.15) is 41.6 Å². The molecule has 1 spiro atoms. The molecule has 2 atom stereocenters. The molecule has 2 fully saturated rings. The van der Waals surface area contributed by atoms with Gasteiger partial charge < -0.3 is 25.0 Å². The molecule has 0 radical (unpaired) electrons. The van der Waals surface area contributed by atoms with E-state index in [2.05, 4.69) is 15.2 Å². The van der Waals surface area contributed by atoms with Gasteiger partial charge in [0.25, 0.3) is 17.4 Å². The largest absolute Gasteiger partial charge is 0.497 e. The maximum Gasteiger partial charge on any atom is 0.430 e. The van der Waals surface area contributed by atoms with Crippen LogP contribution in [0.15, 0.2) is 36.4 Å². The number of ether oxygens (including phenoxy) is 1. The van der Waals surface area contributed by atoms with E-state index < -0.39 is 23.2 Å². The third kappa shape index (κ3) is 5.51. The number of piperidine rings is 1. The number of hydrogen-bond acceptors (Lipinski definition) is 6. The molecule has 0 bridgehead atoms. The van der Waals surface area contributed by atoms with Gasteiger partial charge in [-0.25, -0.2) is 4.98 Å².